The average molecular weight is 393 g/mol. The van der Waals surface area contributed by atoms with E-state index in [9.17, 15) is 13.2 Å². The van der Waals surface area contributed by atoms with Crippen molar-refractivity contribution >= 4 is 32.4 Å². The van der Waals surface area contributed by atoms with E-state index in [-0.39, 0.29) is 16.8 Å². The summed E-state index contributed by atoms with van der Waals surface area (Å²) in [5.74, 6) is -0.288. The zero-order valence-electron chi connectivity index (χ0n) is 14.4. The van der Waals surface area contributed by atoms with Crippen LogP contribution in [0.25, 0.3) is 0 Å². The van der Waals surface area contributed by atoms with Gasteiger partial charge in [-0.15, -0.1) is 11.3 Å². The first-order valence-electron chi connectivity index (χ1n) is 8.51. The second-order valence-electron chi connectivity index (χ2n) is 6.75. The molecule has 2 aromatic rings. The van der Waals surface area contributed by atoms with E-state index in [1.807, 2.05) is 0 Å². The number of rotatable bonds is 5. The molecule has 1 aliphatic heterocycles. The van der Waals surface area contributed by atoms with Crippen LogP contribution in [0.15, 0.2) is 29.2 Å². The minimum Gasteiger partial charge on any atom is -0.301 e. The van der Waals surface area contributed by atoms with Gasteiger partial charge in [0.15, 0.2) is 5.13 Å². The van der Waals surface area contributed by atoms with Gasteiger partial charge in [0.05, 0.1) is 10.6 Å². The summed E-state index contributed by atoms with van der Waals surface area (Å²) < 4.78 is 27.0. The summed E-state index contributed by atoms with van der Waals surface area (Å²) in [6.45, 7) is 1.82. The quantitative estimate of drug-likeness (QED) is 0.810. The largest absolute Gasteiger partial charge is 0.301 e. The van der Waals surface area contributed by atoms with Crippen LogP contribution in [0.5, 0.6) is 0 Å². The highest BCUT2D eigenvalue weighted by Crippen LogP contribution is 2.28. The summed E-state index contributed by atoms with van der Waals surface area (Å²) in [4.78, 5) is 20.5. The molecule has 0 radical (unpaired) electrons. The minimum absolute atomic E-state index is 0.0537. The Hall–Kier alpha value is -1.81. The number of fused-ring (bicyclic) bond motifs is 1. The van der Waals surface area contributed by atoms with E-state index in [2.05, 4.69) is 27.0 Å². The van der Waals surface area contributed by atoms with Crippen molar-refractivity contribution in [3.63, 3.8) is 0 Å². The molecule has 1 saturated carbocycles. The molecule has 4 rings (SSSR count). The Kier molecular flexibility index (Phi) is 4.55. The van der Waals surface area contributed by atoms with Crippen LogP contribution in [0.1, 0.15) is 33.8 Å². The topological polar surface area (TPSA) is 91.4 Å². The van der Waals surface area contributed by atoms with Gasteiger partial charge in [-0.1, -0.05) is 0 Å². The lowest BCUT2D eigenvalue weighted by Crippen LogP contribution is -2.25. The summed E-state index contributed by atoms with van der Waals surface area (Å²) >= 11 is 1.49. The van der Waals surface area contributed by atoms with Gasteiger partial charge in [-0.2, -0.15) is 0 Å². The molecule has 1 fully saturated rings. The summed E-state index contributed by atoms with van der Waals surface area (Å²) in [6.07, 6.45) is 2.65. The second-order valence-corrected chi connectivity index (χ2v) is 9.55. The van der Waals surface area contributed by atoms with Crippen molar-refractivity contribution in [2.24, 2.45) is 0 Å². The van der Waals surface area contributed by atoms with Crippen LogP contribution in [-0.4, -0.2) is 43.8 Å². The van der Waals surface area contributed by atoms with E-state index in [0.717, 1.165) is 38.0 Å². The first-order valence-corrected chi connectivity index (χ1v) is 10.8. The summed E-state index contributed by atoms with van der Waals surface area (Å²) in [6, 6.07) is 6.02. The lowest BCUT2D eigenvalue weighted by Gasteiger charge is -2.20. The van der Waals surface area contributed by atoms with E-state index in [4.69, 9.17) is 0 Å². The molecular formula is C17H20N4O3S2. The predicted octanol–water partition coefficient (Wildman–Crippen LogP) is 1.82. The molecule has 2 heterocycles. The molecular weight excluding hydrogens is 372 g/mol. The van der Waals surface area contributed by atoms with Gasteiger partial charge in [-0.3, -0.25) is 10.1 Å². The zero-order chi connectivity index (χ0) is 18.3. The molecule has 1 amide bonds. The lowest BCUT2D eigenvalue weighted by atomic mass is 10.2. The van der Waals surface area contributed by atoms with Crippen molar-refractivity contribution in [2.45, 2.75) is 36.7 Å². The number of likely N-dealkylation sites (N-methyl/N-ethyl adjacent to an activating group) is 1. The Bertz CT molecular complexity index is 933. The maximum Gasteiger partial charge on any atom is 0.257 e. The van der Waals surface area contributed by atoms with Crippen LogP contribution < -0.4 is 10.0 Å². The molecule has 1 aromatic heterocycles. The van der Waals surface area contributed by atoms with Crippen molar-refractivity contribution in [3.05, 3.63) is 40.4 Å². The van der Waals surface area contributed by atoms with E-state index >= 15 is 0 Å². The molecule has 26 heavy (non-hydrogen) atoms. The van der Waals surface area contributed by atoms with Gasteiger partial charge in [0.2, 0.25) is 10.0 Å². The van der Waals surface area contributed by atoms with E-state index in [1.165, 1.54) is 40.5 Å². The van der Waals surface area contributed by atoms with Crippen molar-refractivity contribution in [3.8, 4) is 0 Å². The number of hydrogen-bond acceptors (Lipinski definition) is 6. The average Bonchev–Trinajstić information content (AvgIpc) is 3.31. The molecule has 2 N–H and O–H groups in total. The van der Waals surface area contributed by atoms with Crippen LogP contribution >= 0.6 is 11.3 Å². The number of carbonyl (C=O) groups excluding carboxylic acids is 1. The van der Waals surface area contributed by atoms with Crippen molar-refractivity contribution in [1.82, 2.24) is 14.6 Å². The number of amides is 1. The molecule has 0 atom stereocenters. The lowest BCUT2D eigenvalue weighted by molar-refractivity contribution is 0.102. The first kappa shape index (κ1) is 17.6. The SMILES string of the molecule is CN1CCc2nc(NC(=O)c3ccc(S(=O)(=O)NC4CC4)cc3)sc2C1. The number of nitrogens with zero attached hydrogens (tertiary/aromatic N) is 2. The maximum absolute atomic E-state index is 12.4. The molecule has 2 aliphatic rings. The number of sulfonamides is 1. The molecule has 9 heteroatoms. The third-order valence-corrected chi connectivity index (χ3v) is 7.00. The number of anilines is 1. The third kappa shape index (κ3) is 3.80. The summed E-state index contributed by atoms with van der Waals surface area (Å²) in [5.41, 5.74) is 1.46. The van der Waals surface area contributed by atoms with Gasteiger partial charge >= 0.3 is 0 Å². The molecule has 0 unspecified atom stereocenters. The third-order valence-electron chi connectivity index (χ3n) is 4.47. The van der Waals surface area contributed by atoms with Crippen LogP contribution in [0.2, 0.25) is 0 Å². The van der Waals surface area contributed by atoms with Gasteiger partial charge < -0.3 is 4.90 Å². The highest BCUT2D eigenvalue weighted by molar-refractivity contribution is 7.89. The fourth-order valence-corrected chi connectivity index (χ4v) is 5.21. The number of carbonyl (C=O) groups is 1. The van der Waals surface area contributed by atoms with Gasteiger partial charge in [0.25, 0.3) is 5.91 Å². The fourth-order valence-electron chi connectivity index (χ4n) is 2.82. The predicted molar refractivity (Wildman–Crippen MR) is 99.9 cm³/mol. The normalized spacial score (nSPS) is 17.7. The molecule has 138 valence electrons. The van der Waals surface area contributed by atoms with Crippen LogP contribution in [0.3, 0.4) is 0 Å². The zero-order valence-corrected chi connectivity index (χ0v) is 16.0. The Morgan fingerprint density at radius 2 is 2.00 bits per heavy atom. The van der Waals surface area contributed by atoms with Gasteiger partial charge in [-0.05, 0) is 44.2 Å². The fraction of sp³-hybridized carbons (Fsp3) is 0.412. The van der Waals surface area contributed by atoms with Crippen molar-refractivity contribution in [1.29, 1.82) is 0 Å². The summed E-state index contributed by atoms with van der Waals surface area (Å²) in [5, 5.41) is 3.40. The van der Waals surface area contributed by atoms with Gasteiger partial charge in [0, 0.05) is 36.0 Å². The van der Waals surface area contributed by atoms with E-state index < -0.39 is 10.0 Å². The minimum atomic E-state index is -3.50. The first-order chi connectivity index (χ1) is 12.4. The maximum atomic E-state index is 12.4. The molecule has 7 nitrogen and oxygen atoms in total. The molecule has 0 bridgehead atoms. The monoisotopic (exact) mass is 392 g/mol. The number of hydrogen-bond donors (Lipinski definition) is 2. The standard InChI is InChI=1S/C17H20N4O3S2/c1-21-9-8-14-15(10-21)25-17(18-14)19-16(22)11-2-6-13(7-3-11)26(23,24)20-12-4-5-12/h2-3,6-7,12,20H,4-5,8-10H2,1H3,(H,18,19,22). The van der Waals surface area contributed by atoms with Crippen LogP contribution in [0.4, 0.5) is 5.13 Å². The van der Waals surface area contributed by atoms with Gasteiger partial charge in [0.1, 0.15) is 0 Å². The Balaban J connectivity index is 1.45. The molecule has 0 spiro atoms. The number of aromatic nitrogens is 1. The molecule has 0 saturated heterocycles. The van der Waals surface area contributed by atoms with E-state index in [1.54, 1.807) is 0 Å². The van der Waals surface area contributed by atoms with Crippen LogP contribution in [0, 0.1) is 0 Å². The Labute approximate surface area is 156 Å². The highest BCUT2D eigenvalue weighted by Gasteiger charge is 2.28. The molecule has 1 aromatic carbocycles. The molecule has 1 aliphatic carbocycles. The number of benzene rings is 1. The smallest absolute Gasteiger partial charge is 0.257 e. The van der Waals surface area contributed by atoms with Crippen LogP contribution in [-0.2, 0) is 23.0 Å². The second kappa shape index (κ2) is 6.73. The number of nitrogens with one attached hydrogen (secondary N) is 2. The Morgan fingerprint density at radius 1 is 1.27 bits per heavy atom. The Morgan fingerprint density at radius 3 is 2.69 bits per heavy atom. The van der Waals surface area contributed by atoms with E-state index in [0.29, 0.717) is 10.7 Å². The van der Waals surface area contributed by atoms with Crippen molar-refractivity contribution in [2.75, 3.05) is 18.9 Å². The number of thiazole rings is 1. The van der Waals surface area contributed by atoms with Crippen molar-refractivity contribution < 1.29 is 13.2 Å². The van der Waals surface area contributed by atoms with Gasteiger partial charge in [-0.25, -0.2) is 18.1 Å². The summed E-state index contributed by atoms with van der Waals surface area (Å²) in [7, 11) is -1.44. The highest BCUT2D eigenvalue weighted by atomic mass is 32.2.